The third-order valence-electron chi connectivity index (χ3n) is 3.22. The maximum absolute atomic E-state index is 13.3. The van der Waals surface area contributed by atoms with Crippen molar-refractivity contribution >= 4 is 28.3 Å². The highest BCUT2D eigenvalue weighted by atomic mass is 35.5. The summed E-state index contributed by atoms with van der Waals surface area (Å²) in [4.78, 5) is 8.31. The molecule has 1 heterocycles. The molecule has 106 valence electrons. The van der Waals surface area contributed by atoms with Crippen LogP contribution < -0.4 is 5.32 Å². The minimum atomic E-state index is -0.293. The molecule has 0 spiro atoms. The van der Waals surface area contributed by atoms with E-state index >= 15 is 0 Å². The average molecular weight is 302 g/mol. The zero-order chi connectivity index (χ0) is 14.7. The lowest BCUT2D eigenvalue weighted by Crippen LogP contribution is -2.07. The molecule has 0 aliphatic carbocycles. The molecule has 3 aromatic rings. The Morgan fingerprint density at radius 3 is 2.67 bits per heavy atom. The van der Waals surface area contributed by atoms with E-state index in [1.165, 1.54) is 24.0 Å². The SMILES string of the molecule is Fc1ccc2ncnc(NCCc3ccc(Cl)cc3)c2c1. The van der Waals surface area contributed by atoms with Gasteiger partial charge in [-0.3, -0.25) is 0 Å². The van der Waals surface area contributed by atoms with Crippen molar-refractivity contribution in [2.24, 2.45) is 0 Å². The number of fused-ring (bicyclic) bond motifs is 1. The number of benzene rings is 2. The molecular formula is C16H13ClFN3. The first kappa shape index (κ1) is 13.8. The molecule has 2 aromatic carbocycles. The first-order valence-corrected chi connectivity index (χ1v) is 6.99. The Bertz CT molecular complexity index is 759. The van der Waals surface area contributed by atoms with Crippen LogP contribution in [0.15, 0.2) is 48.8 Å². The quantitative estimate of drug-likeness (QED) is 0.789. The predicted molar refractivity (Wildman–Crippen MR) is 83.1 cm³/mol. The standard InChI is InChI=1S/C16H13ClFN3/c17-12-3-1-11(2-4-12)7-8-19-16-14-9-13(18)5-6-15(14)20-10-21-16/h1-6,9-10H,7-8H2,(H,19,20,21). The second-order valence-corrected chi connectivity index (χ2v) is 5.12. The summed E-state index contributed by atoms with van der Waals surface area (Å²) in [5, 5.41) is 4.64. The maximum atomic E-state index is 13.3. The van der Waals surface area contributed by atoms with Crippen LogP contribution in [-0.2, 0) is 6.42 Å². The fourth-order valence-corrected chi connectivity index (χ4v) is 2.27. The number of rotatable bonds is 4. The van der Waals surface area contributed by atoms with Crippen LogP contribution in [-0.4, -0.2) is 16.5 Å². The summed E-state index contributed by atoms with van der Waals surface area (Å²) in [6.45, 7) is 0.699. The highest BCUT2D eigenvalue weighted by molar-refractivity contribution is 6.30. The van der Waals surface area contributed by atoms with Crippen LogP contribution in [0.2, 0.25) is 5.02 Å². The number of nitrogens with zero attached hydrogens (tertiary/aromatic N) is 2. The van der Waals surface area contributed by atoms with Crippen molar-refractivity contribution in [3.63, 3.8) is 0 Å². The smallest absolute Gasteiger partial charge is 0.137 e. The van der Waals surface area contributed by atoms with Crippen molar-refractivity contribution in [1.29, 1.82) is 0 Å². The van der Waals surface area contributed by atoms with Crippen LogP contribution in [0.25, 0.3) is 10.9 Å². The molecule has 0 aliphatic heterocycles. The second-order valence-electron chi connectivity index (χ2n) is 4.69. The van der Waals surface area contributed by atoms with E-state index in [4.69, 9.17) is 11.6 Å². The molecule has 0 bridgehead atoms. The van der Waals surface area contributed by atoms with Gasteiger partial charge in [-0.15, -0.1) is 0 Å². The van der Waals surface area contributed by atoms with E-state index in [2.05, 4.69) is 15.3 Å². The molecule has 0 amide bonds. The van der Waals surface area contributed by atoms with E-state index < -0.39 is 0 Å². The van der Waals surface area contributed by atoms with Gasteiger partial charge in [-0.25, -0.2) is 14.4 Å². The minimum Gasteiger partial charge on any atom is -0.369 e. The van der Waals surface area contributed by atoms with E-state index in [0.717, 1.165) is 17.0 Å². The van der Waals surface area contributed by atoms with E-state index in [-0.39, 0.29) is 5.82 Å². The van der Waals surface area contributed by atoms with E-state index in [0.29, 0.717) is 17.7 Å². The van der Waals surface area contributed by atoms with Gasteiger partial charge in [0, 0.05) is 17.0 Å². The van der Waals surface area contributed by atoms with E-state index in [1.807, 2.05) is 24.3 Å². The number of halogens is 2. The van der Waals surface area contributed by atoms with Gasteiger partial charge in [0.15, 0.2) is 0 Å². The lowest BCUT2D eigenvalue weighted by molar-refractivity contribution is 0.629. The van der Waals surface area contributed by atoms with Crippen LogP contribution in [0.1, 0.15) is 5.56 Å². The van der Waals surface area contributed by atoms with Crippen LogP contribution >= 0.6 is 11.6 Å². The second kappa shape index (κ2) is 6.06. The van der Waals surface area contributed by atoms with Crippen molar-refractivity contribution in [1.82, 2.24) is 9.97 Å². The first-order valence-electron chi connectivity index (χ1n) is 6.61. The van der Waals surface area contributed by atoms with Crippen molar-refractivity contribution in [3.8, 4) is 0 Å². The van der Waals surface area contributed by atoms with Gasteiger partial charge in [-0.2, -0.15) is 0 Å². The summed E-state index contributed by atoms with van der Waals surface area (Å²) in [5.41, 5.74) is 1.90. The van der Waals surface area contributed by atoms with E-state index in [1.54, 1.807) is 6.07 Å². The zero-order valence-corrected chi connectivity index (χ0v) is 11.9. The summed E-state index contributed by atoms with van der Waals surface area (Å²) in [6.07, 6.45) is 2.31. The molecule has 3 nitrogen and oxygen atoms in total. The molecule has 0 saturated heterocycles. The van der Waals surface area contributed by atoms with Gasteiger partial charge in [0.05, 0.1) is 5.52 Å². The molecule has 0 fully saturated rings. The Balaban J connectivity index is 1.73. The summed E-state index contributed by atoms with van der Waals surface area (Å²) in [6, 6.07) is 12.2. The summed E-state index contributed by atoms with van der Waals surface area (Å²) >= 11 is 5.85. The molecule has 0 atom stereocenters. The normalized spacial score (nSPS) is 10.8. The molecule has 0 unspecified atom stereocenters. The summed E-state index contributed by atoms with van der Waals surface area (Å²) < 4.78 is 13.3. The van der Waals surface area contributed by atoms with Crippen molar-refractivity contribution in [2.45, 2.75) is 6.42 Å². The topological polar surface area (TPSA) is 37.8 Å². The zero-order valence-electron chi connectivity index (χ0n) is 11.2. The Labute approximate surface area is 126 Å². The van der Waals surface area contributed by atoms with Crippen molar-refractivity contribution in [2.75, 3.05) is 11.9 Å². The van der Waals surface area contributed by atoms with Gasteiger partial charge in [-0.1, -0.05) is 23.7 Å². The largest absolute Gasteiger partial charge is 0.369 e. The molecule has 1 aromatic heterocycles. The summed E-state index contributed by atoms with van der Waals surface area (Å²) in [7, 11) is 0. The molecule has 0 aliphatic rings. The van der Waals surface area contributed by atoms with Gasteiger partial charge >= 0.3 is 0 Å². The number of anilines is 1. The molecule has 21 heavy (non-hydrogen) atoms. The molecule has 0 saturated carbocycles. The number of hydrogen-bond acceptors (Lipinski definition) is 3. The van der Waals surface area contributed by atoms with Crippen LogP contribution in [0.5, 0.6) is 0 Å². The third-order valence-corrected chi connectivity index (χ3v) is 3.47. The highest BCUT2D eigenvalue weighted by Gasteiger charge is 2.04. The van der Waals surface area contributed by atoms with Gasteiger partial charge < -0.3 is 5.32 Å². The fraction of sp³-hybridized carbons (Fsp3) is 0.125. The van der Waals surface area contributed by atoms with Gasteiger partial charge in [0.1, 0.15) is 18.0 Å². The molecule has 5 heteroatoms. The predicted octanol–water partition coefficient (Wildman–Crippen LogP) is 4.08. The Morgan fingerprint density at radius 2 is 1.86 bits per heavy atom. The molecular weight excluding hydrogens is 289 g/mol. The molecule has 3 rings (SSSR count). The number of hydrogen-bond donors (Lipinski definition) is 1. The molecule has 1 N–H and O–H groups in total. The van der Waals surface area contributed by atoms with Gasteiger partial charge in [-0.05, 0) is 42.3 Å². The van der Waals surface area contributed by atoms with Crippen LogP contribution in [0.4, 0.5) is 10.2 Å². The lowest BCUT2D eigenvalue weighted by atomic mass is 10.1. The maximum Gasteiger partial charge on any atom is 0.137 e. The monoisotopic (exact) mass is 301 g/mol. The minimum absolute atomic E-state index is 0.293. The third kappa shape index (κ3) is 3.28. The summed E-state index contributed by atoms with van der Waals surface area (Å²) in [5.74, 6) is 0.353. The fourth-order valence-electron chi connectivity index (χ4n) is 2.15. The van der Waals surface area contributed by atoms with Gasteiger partial charge in [0.25, 0.3) is 0 Å². The Kier molecular flexibility index (Phi) is 3.97. The van der Waals surface area contributed by atoms with Crippen LogP contribution in [0.3, 0.4) is 0 Å². The van der Waals surface area contributed by atoms with Gasteiger partial charge in [0.2, 0.25) is 0 Å². The average Bonchev–Trinajstić information content (AvgIpc) is 2.50. The Hall–Kier alpha value is -2.20. The van der Waals surface area contributed by atoms with Crippen molar-refractivity contribution < 1.29 is 4.39 Å². The van der Waals surface area contributed by atoms with E-state index in [9.17, 15) is 4.39 Å². The highest BCUT2D eigenvalue weighted by Crippen LogP contribution is 2.20. The van der Waals surface area contributed by atoms with Crippen LogP contribution in [0, 0.1) is 5.82 Å². The first-order chi connectivity index (χ1) is 10.2. The number of nitrogens with one attached hydrogen (secondary N) is 1. The van der Waals surface area contributed by atoms with Crippen molar-refractivity contribution in [3.05, 3.63) is 65.2 Å². The Morgan fingerprint density at radius 1 is 1.05 bits per heavy atom. The lowest BCUT2D eigenvalue weighted by Gasteiger charge is -2.08. The number of aromatic nitrogens is 2. The molecule has 0 radical (unpaired) electrons.